The van der Waals surface area contributed by atoms with Gasteiger partial charge in [0.1, 0.15) is 0 Å². The van der Waals surface area contributed by atoms with Crippen molar-refractivity contribution in [1.82, 2.24) is 10.2 Å². The minimum atomic E-state index is -0.0390. The van der Waals surface area contributed by atoms with Crippen LogP contribution in [0.5, 0.6) is 0 Å². The molecule has 1 aromatic carbocycles. The highest BCUT2D eigenvalue weighted by molar-refractivity contribution is 5.74. The van der Waals surface area contributed by atoms with Crippen LogP contribution in [0.3, 0.4) is 0 Å². The maximum Gasteiger partial charge on any atom is 0.317 e. The molecule has 0 bridgehead atoms. The molecule has 0 radical (unpaired) electrons. The van der Waals surface area contributed by atoms with E-state index in [1.807, 2.05) is 18.2 Å². The van der Waals surface area contributed by atoms with Gasteiger partial charge in [-0.05, 0) is 42.9 Å². The third-order valence-electron chi connectivity index (χ3n) is 3.91. The van der Waals surface area contributed by atoms with Crippen LogP contribution in [0.2, 0.25) is 0 Å². The third-order valence-corrected chi connectivity index (χ3v) is 3.91. The Labute approximate surface area is 125 Å². The van der Waals surface area contributed by atoms with Gasteiger partial charge in [0.05, 0.1) is 11.6 Å². The van der Waals surface area contributed by atoms with Gasteiger partial charge in [-0.3, -0.25) is 0 Å². The number of piperidine rings is 1. The van der Waals surface area contributed by atoms with Gasteiger partial charge in [-0.2, -0.15) is 5.26 Å². The largest absolute Gasteiger partial charge is 0.396 e. The first-order chi connectivity index (χ1) is 10.2. The van der Waals surface area contributed by atoms with E-state index in [2.05, 4.69) is 11.4 Å². The van der Waals surface area contributed by atoms with E-state index in [0.29, 0.717) is 37.5 Å². The quantitative estimate of drug-likeness (QED) is 0.881. The summed E-state index contributed by atoms with van der Waals surface area (Å²) in [6, 6.07) is 9.50. The molecular weight excluding hydrogens is 266 g/mol. The van der Waals surface area contributed by atoms with E-state index in [1.54, 1.807) is 11.0 Å². The van der Waals surface area contributed by atoms with Crippen molar-refractivity contribution in [3.63, 3.8) is 0 Å². The number of hydrogen-bond acceptors (Lipinski definition) is 3. The van der Waals surface area contributed by atoms with Crippen LogP contribution in [-0.2, 0) is 6.42 Å². The summed E-state index contributed by atoms with van der Waals surface area (Å²) in [5, 5.41) is 20.8. The molecule has 0 saturated carbocycles. The Balaban J connectivity index is 1.73. The van der Waals surface area contributed by atoms with Crippen molar-refractivity contribution >= 4 is 6.03 Å². The summed E-state index contributed by atoms with van der Waals surface area (Å²) in [7, 11) is 0. The Bertz CT molecular complexity index is 516. The van der Waals surface area contributed by atoms with Gasteiger partial charge in [-0.15, -0.1) is 0 Å². The lowest BCUT2D eigenvalue weighted by Crippen LogP contribution is -2.45. The smallest absolute Gasteiger partial charge is 0.317 e. The van der Waals surface area contributed by atoms with Gasteiger partial charge < -0.3 is 15.3 Å². The zero-order valence-electron chi connectivity index (χ0n) is 12.1. The highest BCUT2D eigenvalue weighted by Crippen LogP contribution is 2.16. The lowest BCUT2D eigenvalue weighted by Gasteiger charge is -2.31. The molecule has 2 N–H and O–H groups in total. The minimum absolute atomic E-state index is 0.0390. The first-order valence-electron chi connectivity index (χ1n) is 7.35. The average molecular weight is 287 g/mol. The third kappa shape index (κ3) is 4.47. The Morgan fingerprint density at radius 3 is 2.86 bits per heavy atom. The summed E-state index contributed by atoms with van der Waals surface area (Å²) >= 11 is 0. The van der Waals surface area contributed by atoms with E-state index in [4.69, 9.17) is 10.4 Å². The summed E-state index contributed by atoms with van der Waals surface area (Å²) in [5.74, 6) is 0.336. The zero-order valence-corrected chi connectivity index (χ0v) is 12.1. The predicted octanol–water partition coefficient (Wildman–Crippen LogP) is 1.51. The average Bonchev–Trinajstić information content (AvgIpc) is 2.55. The maximum absolute atomic E-state index is 12.0. The number of likely N-dealkylation sites (tertiary alicyclic amines) is 1. The number of aliphatic hydroxyl groups excluding tert-OH is 1. The molecule has 2 rings (SSSR count). The van der Waals surface area contributed by atoms with Crippen LogP contribution in [0.1, 0.15) is 24.0 Å². The fourth-order valence-electron chi connectivity index (χ4n) is 2.54. The molecule has 1 aliphatic rings. The summed E-state index contributed by atoms with van der Waals surface area (Å²) < 4.78 is 0. The number of urea groups is 1. The van der Waals surface area contributed by atoms with Crippen LogP contribution in [-0.4, -0.2) is 42.3 Å². The maximum atomic E-state index is 12.0. The molecule has 5 nitrogen and oxygen atoms in total. The summed E-state index contributed by atoms with van der Waals surface area (Å²) in [4.78, 5) is 13.8. The highest BCUT2D eigenvalue weighted by Gasteiger charge is 2.21. The van der Waals surface area contributed by atoms with E-state index < -0.39 is 0 Å². The number of nitrogens with zero attached hydrogens (tertiary/aromatic N) is 2. The van der Waals surface area contributed by atoms with Crippen molar-refractivity contribution in [3.05, 3.63) is 35.4 Å². The predicted molar refractivity (Wildman–Crippen MR) is 79.6 cm³/mol. The number of aliphatic hydroxyl groups is 1. The molecule has 112 valence electrons. The molecule has 1 aromatic rings. The lowest BCUT2D eigenvalue weighted by atomic mass is 9.98. The zero-order chi connectivity index (χ0) is 15.1. The monoisotopic (exact) mass is 287 g/mol. The Morgan fingerprint density at radius 1 is 1.43 bits per heavy atom. The molecule has 5 heteroatoms. The summed E-state index contributed by atoms with van der Waals surface area (Å²) in [5.41, 5.74) is 1.69. The van der Waals surface area contributed by atoms with Crippen LogP contribution >= 0.6 is 0 Å². The lowest BCUT2D eigenvalue weighted by molar-refractivity contribution is 0.137. The molecule has 0 spiro atoms. The van der Waals surface area contributed by atoms with Crippen LogP contribution in [0.25, 0.3) is 0 Å². The number of amides is 2. The van der Waals surface area contributed by atoms with E-state index in [-0.39, 0.29) is 12.6 Å². The molecule has 0 unspecified atom stereocenters. The topological polar surface area (TPSA) is 76.4 Å². The number of carbonyl (C=O) groups excluding carboxylic acids is 1. The minimum Gasteiger partial charge on any atom is -0.396 e. The number of rotatable bonds is 4. The van der Waals surface area contributed by atoms with Crippen LogP contribution in [0.15, 0.2) is 24.3 Å². The molecule has 0 atom stereocenters. The Kier molecular flexibility index (Phi) is 5.59. The van der Waals surface area contributed by atoms with Gasteiger partial charge in [0, 0.05) is 26.2 Å². The molecule has 1 aliphatic heterocycles. The number of nitriles is 1. The van der Waals surface area contributed by atoms with Crippen molar-refractivity contribution in [1.29, 1.82) is 5.26 Å². The number of carbonyl (C=O) groups is 1. The molecule has 21 heavy (non-hydrogen) atoms. The molecular formula is C16H21N3O2. The standard InChI is InChI=1S/C16H21N3O2/c17-11-15-3-1-2-13(10-15)4-7-18-16(21)19-8-5-14(12-20)6-9-19/h1-3,10,14,20H,4-9,12H2,(H,18,21). The highest BCUT2D eigenvalue weighted by atomic mass is 16.3. The molecule has 1 fully saturated rings. The number of hydrogen-bond donors (Lipinski definition) is 2. The van der Waals surface area contributed by atoms with Gasteiger partial charge in [-0.25, -0.2) is 4.79 Å². The van der Waals surface area contributed by atoms with E-state index >= 15 is 0 Å². The second-order valence-corrected chi connectivity index (χ2v) is 5.41. The fourth-order valence-corrected chi connectivity index (χ4v) is 2.54. The Morgan fingerprint density at radius 2 is 2.19 bits per heavy atom. The molecule has 2 amide bonds. The molecule has 0 aliphatic carbocycles. The van der Waals surface area contributed by atoms with Gasteiger partial charge in [-0.1, -0.05) is 12.1 Å². The van der Waals surface area contributed by atoms with E-state index in [1.165, 1.54) is 0 Å². The molecule has 0 aromatic heterocycles. The second-order valence-electron chi connectivity index (χ2n) is 5.41. The van der Waals surface area contributed by atoms with Crippen molar-refractivity contribution in [3.8, 4) is 6.07 Å². The summed E-state index contributed by atoms with van der Waals surface area (Å²) in [6.45, 7) is 2.19. The molecule has 1 saturated heterocycles. The van der Waals surface area contributed by atoms with Crippen LogP contribution in [0.4, 0.5) is 4.79 Å². The van der Waals surface area contributed by atoms with E-state index in [0.717, 1.165) is 18.4 Å². The summed E-state index contributed by atoms with van der Waals surface area (Å²) in [6.07, 6.45) is 2.45. The van der Waals surface area contributed by atoms with Crippen molar-refractivity contribution in [2.45, 2.75) is 19.3 Å². The normalized spacial score (nSPS) is 15.5. The first-order valence-corrected chi connectivity index (χ1v) is 7.35. The first kappa shape index (κ1) is 15.3. The second kappa shape index (κ2) is 7.65. The van der Waals surface area contributed by atoms with Gasteiger partial charge in [0.2, 0.25) is 0 Å². The van der Waals surface area contributed by atoms with Gasteiger partial charge >= 0.3 is 6.03 Å². The van der Waals surface area contributed by atoms with Crippen molar-refractivity contribution in [2.24, 2.45) is 5.92 Å². The SMILES string of the molecule is N#Cc1cccc(CCNC(=O)N2CCC(CO)CC2)c1. The van der Waals surface area contributed by atoms with Crippen LogP contribution in [0, 0.1) is 17.2 Å². The van der Waals surface area contributed by atoms with E-state index in [9.17, 15) is 4.79 Å². The van der Waals surface area contributed by atoms with Gasteiger partial charge in [0.25, 0.3) is 0 Å². The number of benzene rings is 1. The fraction of sp³-hybridized carbons (Fsp3) is 0.500. The van der Waals surface area contributed by atoms with Crippen molar-refractivity contribution in [2.75, 3.05) is 26.2 Å². The van der Waals surface area contributed by atoms with Crippen molar-refractivity contribution < 1.29 is 9.90 Å². The van der Waals surface area contributed by atoms with Gasteiger partial charge in [0.15, 0.2) is 0 Å². The number of nitrogens with one attached hydrogen (secondary N) is 1. The van der Waals surface area contributed by atoms with Crippen LogP contribution < -0.4 is 5.32 Å². The molecule has 1 heterocycles. The Hall–Kier alpha value is -2.06.